The van der Waals surface area contributed by atoms with E-state index in [0.29, 0.717) is 18.8 Å². The van der Waals surface area contributed by atoms with E-state index in [0.717, 1.165) is 12.0 Å². The summed E-state index contributed by atoms with van der Waals surface area (Å²) in [6.45, 7) is 7.61. The Balaban J connectivity index is 2.36. The Morgan fingerprint density at radius 3 is 2.67 bits per heavy atom. The lowest BCUT2D eigenvalue weighted by Crippen LogP contribution is -2.29. The molecule has 0 fully saturated rings. The lowest BCUT2D eigenvalue weighted by molar-refractivity contribution is 0.119. The molecule has 0 amide bonds. The maximum absolute atomic E-state index is 9.85. The van der Waals surface area contributed by atoms with Crippen LogP contribution < -0.4 is 5.32 Å². The van der Waals surface area contributed by atoms with E-state index in [9.17, 15) is 5.11 Å². The number of nitriles is 1. The second-order valence-electron chi connectivity index (χ2n) is 6.01. The van der Waals surface area contributed by atoms with Gasteiger partial charge in [0.1, 0.15) is 11.8 Å². The van der Waals surface area contributed by atoms with Gasteiger partial charge in [0.2, 0.25) is 0 Å². The van der Waals surface area contributed by atoms with Gasteiger partial charge in [-0.3, -0.25) is 0 Å². The summed E-state index contributed by atoms with van der Waals surface area (Å²) in [7, 11) is 1.86. The van der Waals surface area contributed by atoms with Crippen LogP contribution in [0.3, 0.4) is 0 Å². The fourth-order valence-electron chi connectivity index (χ4n) is 2.00. The number of nitrogens with one attached hydrogen (secondary N) is 1. The van der Waals surface area contributed by atoms with Crippen LogP contribution in [0.4, 0.5) is 0 Å². The van der Waals surface area contributed by atoms with Gasteiger partial charge in [0, 0.05) is 26.3 Å². The van der Waals surface area contributed by atoms with Crippen molar-refractivity contribution in [2.24, 2.45) is 12.5 Å². The van der Waals surface area contributed by atoms with E-state index < -0.39 is 0 Å². The quantitative estimate of drug-likeness (QED) is 0.836. The molecule has 1 aromatic heterocycles. The molecule has 1 rings (SSSR count). The average Bonchev–Trinajstić information content (AvgIpc) is 2.56. The maximum atomic E-state index is 9.85. The molecule has 2 N–H and O–H groups in total. The highest BCUT2D eigenvalue weighted by Crippen LogP contribution is 2.20. The zero-order valence-electron chi connectivity index (χ0n) is 11.7. The van der Waals surface area contributed by atoms with Crippen LogP contribution in [-0.4, -0.2) is 22.3 Å². The third-order valence-corrected chi connectivity index (χ3v) is 2.73. The molecule has 0 aliphatic heterocycles. The molecule has 1 heterocycles. The normalized spacial score (nSPS) is 13.3. The van der Waals surface area contributed by atoms with E-state index in [2.05, 4.69) is 32.2 Å². The molecule has 0 radical (unpaired) electrons. The number of aliphatic hydroxyl groups excluding tert-OH is 1. The summed E-state index contributed by atoms with van der Waals surface area (Å²) < 4.78 is 1.81. The summed E-state index contributed by atoms with van der Waals surface area (Å²) in [5.74, 6) is 0. The van der Waals surface area contributed by atoms with E-state index in [1.165, 1.54) is 0 Å². The summed E-state index contributed by atoms with van der Waals surface area (Å²) in [5.41, 5.74) is 1.86. The molecule has 0 spiro atoms. The van der Waals surface area contributed by atoms with Crippen molar-refractivity contribution < 1.29 is 5.11 Å². The number of hydrogen-bond donors (Lipinski definition) is 2. The number of aliphatic hydroxyl groups is 1. The van der Waals surface area contributed by atoms with Crippen LogP contribution in [-0.2, 0) is 13.6 Å². The Bertz CT molecular complexity index is 423. The number of nitrogens with zero attached hydrogens (tertiary/aromatic N) is 2. The molecule has 1 aromatic rings. The van der Waals surface area contributed by atoms with Crippen LogP contribution in [0.25, 0.3) is 0 Å². The van der Waals surface area contributed by atoms with Crippen molar-refractivity contribution >= 4 is 0 Å². The molecule has 0 aromatic carbocycles. The van der Waals surface area contributed by atoms with E-state index in [4.69, 9.17) is 5.26 Å². The van der Waals surface area contributed by atoms with Gasteiger partial charge in [0.05, 0.1) is 6.10 Å². The fraction of sp³-hybridized carbons (Fsp3) is 0.643. The lowest BCUT2D eigenvalue weighted by atomic mass is 9.89. The minimum absolute atomic E-state index is 0.141. The number of hydrogen-bond acceptors (Lipinski definition) is 3. The van der Waals surface area contributed by atoms with E-state index >= 15 is 0 Å². The predicted molar refractivity (Wildman–Crippen MR) is 71.9 cm³/mol. The van der Waals surface area contributed by atoms with Gasteiger partial charge in [-0.25, -0.2) is 0 Å². The van der Waals surface area contributed by atoms with Gasteiger partial charge in [0.25, 0.3) is 0 Å². The first kappa shape index (κ1) is 14.7. The zero-order chi connectivity index (χ0) is 13.8. The molecule has 18 heavy (non-hydrogen) atoms. The Morgan fingerprint density at radius 1 is 1.50 bits per heavy atom. The van der Waals surface area contributed by atoms with Gasteiger partial charge < -0.3 is 15.0 Å². The van der Waals surface area contributed by atoms with Crippen molar-refractivity contribution in [3.05, 3.63) is 23.5 Å². The molecule has 0 aliphatic rings. The SMILES string of the molecule is Cn1cc(CNCC(O)CC(C)(C)C)cc1C#N. The fourth-order valence-corrected chi connectivity index (χ4v) is 2.00. The zero-order valence-corrected chi connectivity index (χ0v) is 11.7. The van der Waals surface area contributed by atoms with Gasteiger partial charge in [-0.2, -0.15) is 5.26 Å². The van der Waals surface area contributed by atoms with Crippen LogP contribution in [0.15, 0.2) is 12.3 Å². The Hall–Kier alpha value is -1.31. The first-order chi connectivity index (χ1) is 8.31. The summed E-state index contributed by atoms with van der Waals surface area (Å²) in [6.07, 6.45) is 2.38. The van der Waals surface area contributed by atoms with Crippen molar-refractivity contribution in [1.29, 1.82) is 5.26 Å². The van der Waals surface area contributed by atoms with Crippen molar-refractivity contribution in [3.8, 4) is 6.07 Å². The molecule has 4 nitrogen and oxygen atoms in total. The minimum Gasteiger partial charge on any atom is -0.392 e. The summed E-state index contributed by atoms with van der Waals surface area (Å²) in [6, 6.07) is 4.00. The number of aromatic nitrogens is 1. The van der Waals surface area contributed by atoms with Crippen molar-refractivity contribution in [1.82, 2.24) is 9.88 Å². The number of rotatable bonds is 5. The highest BCUT2D eigenvalue weighted by Gasteiger charge is 2.16. The molecule has 1 atom stereocenters. The van der Waals surface area contributed by atoms with Gasteiger partial charge >= 0.3 is 0 Å². The molecule has 1 unspecified atom stereocenters. The first-order valence-electron chi connectivity index (χ1n) is 6.26. The second kappa shape index (κ2) is 6.03. The van der Waals surface area contributed by atoms with E-state index in [-0.39, 0.29) is 11.5 Å². The lowest BCUT2D eigenvalue weighted by Gasteiger charge is -2.22. The molecular weight excluding hydrogens is 226 g/mol. The molecule has 4 heteroatoms. The number of aryl methyl sites for hydroxylation is 1. The summed E-state index contributed by atoms with van der Waals surface area (Å²) in [5, 5.41) is 21.9. The summed E-state index contributed by atoms with van der Waals surface area (Å²) in [4.78, 5) is 0. The van der Waals surface area contributed by atoms with Crippen LogP contribution in [0, 0.1) is 16.7 Å². The van der Waals surface area contributed by atoms with Crippen molar-refractivity contribution in [2.75, 3.05) is 6.54 Å². The smallest absolute Gasteiger partial charge is 0.120 e. The molecule has 100 valence electrons. The Kier molecular flexibility index (Phi) is 4.94. The highest BCUT2D eigenvalue weighted by molar-refractivity contribution is 5.28. The second-order valence-corrected chi connectivity index (χ2v) is 6.01. The third-order valence-electron chi connectivity index (χ3n) is 2.73. The van der Waals surface area contributed by atoms with Crippen LogP contribution in [0.5, 0.6) is 0 Å². The average molecular weight is 249 g/mol. The Labute approximate surface area is 109 Å². The van der Waals surface area contributed by atoms with Gasteiger partial charge in [-0.1, -0.05) is 20.8 Å². The van der Waals surface area contributed by atoms with Crippen molar-refractivity contribution in [2.45, 2.75) is 39.8 Å². The Morgan fingerprint density at radius 2 is 2.17 bits per heavy atom. The molecule has 0 saturated carbocycles. The molecule has 0 aliphatic carbocycles. The molecular formula is C14H23N3O. The summed E-state index contributed by atoms with van der Waals surface area (Å²) >= 11 is 0. The van der Waals surface area contributed by atoms with Crippen LogP contribution in [0.2, 0.25) is 0 Å². The van der Waals surface area contributed by atoms with Crippen LogP contribution >= 0.6 is 0 Å². The van der Waals surface area contributed by atoms with E-state index in [1.54, 1.807) is 0 Å². The largest absolute Gasteiger partial charge is 0.392 e. The monoisotopic (exact) mass is 249 g/mol. The minimum atomic E-state index is -0.329. The van der Waals surface area contributed by atoms with E-state index in [1.807, 2.05) is 23.9 Å². The van der Waals surface area contributed by atoms with Gasteiger partial charge in [0.15, 0.2) is 0 Å². The standard InChI is InChI=1S/C14H23N3O/c1-14(2,3)6-13(18)9-16-8-11-5-12(7-15)17(4)10-11/h5,10,13,16,18H,6,8-9H2,1-4H3. The topological polar surface area (TPSA) is 61.0 Å². The van der Waals surface area contributed by atoms with Crippen LogP contribution in [0.1, 0.15) is 38.4 Å². The van der Waals surface area contributed by atoms with Gasteiger partial charge in [-0.05, 0) is 23.5 Å². The third kappa shape index (κ3) is 4.91. The predicted octanol–water partition coefficient (Wildman–Crippen LogP) is 1.78. The molecule has 0 bridgehead atoms. The molecule has 0 saturated heterocycles. The van der Waals surface area contributed by atoms with Crippen molar-refractivity contribution in [3.63, 3.8) is 0 Å². The van der Waals surface area contributed by atoms with Gasteiger partial charge in [-0.15, -0.1) is 0 Å². The highest BCUT2D eigenvalue weighted by atomic mass is 16.3. The maximum Gasteiger partial charge on any atom is 0.120 e. The first-order valence-corrected chi connectivity index (χ1v) is 6.26.